The lowest BCUT2D eigenvalue weighted by molar-refractivity contribution is -0.139. The van der Waals surface area contributed by atoms with Crippen LogP contribution in [0, 0.1) is 11.7 Å². The third kappa shape index (κ3) is 4.86. The van der Waals surface area contributed by atoms with Crippen LogP contribution in [0.4, 0.5) is 4.39 Å². The molecule has 0 saturated carbocycles. The van der Waals surface area contributed by atoms with Gasteiger partial charge in [-0.15, -0.1) is 0 Å². The Hall–Kier alpha value is -2.99. The second-order valence-corrected chi connectivity index (χ2v) is 9.05. The predicted octanol–water partition coefficient (Wildman–Crippen LogP) is 5.02. The van der Waals surface area contributed by atoms with Gasteiger partial charge in [0.2, 0.25) is 5.91 Å². The first-order valence-corrected chi connectivity index (χ1v) is 11.9. The number of imidazole rings is 1. The molecule has 0 N–H and O–H groups in total. The third-order valence-electron chi connectivity index (χ3n) is 6.94. The highest BCUT2D eigenvalue weighted by Crippen LogP contribution is 2.36. The summed E-state index contributed by atoms with van der Waals surface area (Å²) in [5.74, 6) is 0.168. The number of nitrogens with zero attached hydrogens (tertiary/aromatic N) is 3. The molecule has 1 aromatic heterocycles. The molecule has 1 amide bonds. The Bertz CT molecular complexity index is 1090. The summed E-state index contributed by atoms with van der Waals surface area (Å²) in [5.41, 5.74) is 4.45. The van der Waals surface area contributed by atoms with Crippen LogP contribution in [-0.2, 0) is 22.5 Å². The minimum atomic E-state index is -0.213. The molecule has 6 heteroatoms. The molecule has 0 bridgehead atoms. The molecule has 3 heterocycles. The summed E-state index contributed by atoms with van der Waals surface area (Å²) in [7, 11) is 0. The van der Waals surface area contributed by atoms with Crippen molar-refractivity contribution in [2.24, 2.45) is 5.92 Å². The van der Waals surface area contributed by atoms with E-state index in [1.807, 2.05) is 24.7 Å². The van der Waals surface area contributed by atoms with Crippen LogP contribution in [0.5, 0.6) is 0 Å². The fourth-order valence-electron chi connectivity index (χ4n) is 5.10. The van der Waals surface area contributed by atoms with Crippen molar-refractivity contribution in [3.05, 3.63) is 78.0 Å². The standard InChI is InChI=1S/C27H30FN3O2/c28-24-8-6-20(7-9-24)10-14-30-19-29-18-26(30)23-4-1-3-22(17-23)25-5-2-13-31(25)27(32)21-11-15-33-16-12-21/h1,3-4,6-9,17-19,21,25H,2,5,10-16H2. The Kier molecular flexibility index (Phi) is 6.53. The van der Waals surface area contributed by atoms with Crippen LogP contribution >= 0.6 is 0 Å². The first kappa shape index (κ1) is 21.8. The van der Waals surface area contributed by atoms with Crippen molar-refractivity contribution in [2.45, 2.75) is 44.7 Å². The van der Waals surface area contributed by atoms with Gasteiger partial charge in [-0.1, -0.05) is 30.3 Å². The van der Waals surface area contributed by atoms with E-state index in [1.165, 1.54) is 17.7 Å². The number of rotatable bonds is 6. The smallest absolute Gasteiger partial charge is 0.226 e. The second-order valence-electron chi connectivity index (χ2n) is 9.05. The molecular weight excluding hydrogens is 417 g/mol. The van der Waals surface area contributed by atoms with E-state index in [2.05, 4.69) is 38.7 Å². The Labute approximate surface area is 194 Å². The zero-order valence-electron chi connectivity index (χ0n) is 18.8. The SMILES string of the molecule is O=C(C1CCOCC1)N1CCCC1c1cccc(-c2cncn2CCc2ccc(F)cc2)c1. The fraction of sp³-hybridized carbons (Fsp3) is 0.407. The van der Waals surface area contributed by atoms with Gasteiger partial charge in [0.1, 0.15) is 5.82 Å². The molecule has 2 fully saturated rings. The van der Waals surface area contributed by atoms with Crippen LogP contribution in [0.2, 0.25) is 0 Å². The number of benzene rings is 2. The third-order valence-corrected chi connectivity index (χ3v) is 6.94. The number of likely N-dealkylation sites (tertiary alicyclic amines) is 1. The van der Waals surface area contributed by atoms with Crippen LogP contribution < -0.4 is 0 Å². The number of aromatic nitrogens is 2. The minimum Gasteiger partial charge on any atom is -0.381 e. The van der Waals surface area contributed by atoms with E-state index in [-0.39, 0.29) is 23.7 Å². The van der Waals surface area contributed by atoms with Gasteiger partial charge in [-0.25, -0.2) is 9.37 Å². The maximum Gasteiger partial charge on any atom is 0.226 e. The van der Waals surface area contributed by atoms with E-state index in [4.69, 9.17) is 4.74 Å². The van der Waals surface area contributed by atoms with Crippen molar-refractivity contribution < 1.29 is 13.9 Å². The van der Waals surface area contributed by atoms with E-state index in [9.17, 15) is 9.18 Å². The zero-order valence-corrected chi connectivity index (χ0v) is 18.8. The van der Waals surface area contributed by atoms with E-state index in [0.29, 0.717) is 13.2 Å². The Morgan fingerprint density at radius 1 is 1.09 bits per heavy atom. The van der Waals surface area contributed by atoms with Crippen molar-refractivity contribution in [3.63, 3.8) is 0 Å². The monoisotopic (exact) mass is 447 g/mol. The van der Waals surface area contributed by atoms with Crippen LogP contribution in [-0.4, -0.2) is 40.1 Å². The molecule has 0 aliphatic carbocycles. The summed E-state index contributed by atoms with van der Waals surface area (Å²) < 4.78 is 20.8. The molecule has 5 rings (SSSR count). The topological polar surface area (TPSA) is 47.4 Å². The Morgan fingerprint density at radius 2 is 1.91 bits per heavy atom. The second kappa shape index (κ2) is 9.87. The molecule has 172 valence electrons. The molecule has 2 aromatic carbocycles. The van der Waals surface area contributed by atoms with E-state index >= 15 is 0 Å². The number of halogens is 1. The van der Waals surface area contributed by atoms with Crippen LogP contribution in [0.15, 0.2) is 61.1 Å². The van der Waals surface area contributed by atoms with Crippen molar-refractivity contribution in [2.75, 3.05) is 19.8 Å². The number of ether oxygens (including phenoxy) is 1. The van der Waals surface area contributed by atoms with Crippen molar-refractivity contribution >= 4 is 5.91 Å². The molecule has 0 spiro atoms. The van der Waals surface area contributed by atoms with E-state index < -0.39 is 0 Å². The number of hydrogen-bond donors (Lipinski definition) is 0. The summed E-state index contributed by atoms with van der Waals surface area (Å²) in [6.45, 7) is 2.97. The molecule has 2 aliphatic heterocycles. The molecule has 1 unspecified atom stereocenters. The van der Waals surface area contributed by atoms with Gasteiger partial charge in [-0.2, -0.15) is 0 Å². The quantitative estimate of drug-likeness (QED) is 0.533. The number of carbonyl (C=O) groups excluding carboxylic acids is 1. The summed E-state index contributed by atoms with van der Waals surface area (Å²) in [4.78, 5) is 19.7. The van der Waals surface area contributed by atoms with Gasteiger partial charge in [0, 0.05) is 37.8 Å². The molecular formula is C27H30FN3O2. The van der Waals surface area contributed by atoms with Crippen molar-refractivity contribution in [1.82, 2.24) is 14.5 Å². The van der Waals surface area contributed by atoms with Gasteiger partial charge in [-0.3, -0.25) is 4.79 Å². The van der Waals surface area contributed by atoms with Gasteiger partial charge < -0.3 is 14.2 Å². The van der Waals surface area contributed by atoms with Crippen LogP contribution in [0.25, 0.3) is 11.3 Å². The lowest BCUT2D eigenvalue weighted by Gasteiger charge is -2.31. The maximum absolute atomic E-state index is 13.2. The van der Waals surface area contributed by atoms with Gasteiger partial charge in [-0.05, 0) is 61.4 Å². The van der Waals surface area contributed by atoms with Gasteiger partial charge in [0.25, 0.3) is 0 Å². The zero-order chi connectivity index (χ0) is 22.6. The fourth-order valence-corrected chi connectivity index (χ4v) is 5.10. The lowest BCUT2D eigenvalue weighted by Crippen LogP contribution is -2.38. The van der Waals surface area contributed by atoms with Crippen LogP contribution in [0.3, 0.4) is 0 Å². The normalized spacial score (nSPS) is 19.2. The highest BCUT2D eigenvalue weighted by atomic mass is 19.1. The maximum atomic E-state index is 13.2. The van der Waals surface area contributed by atoms with Gasteiger partial charge in [0.05, 0.1) is 24.3 Å². The molecule has 3 aromatic rings. The first-order chi connectivity index (χ1) is 16.2. The Balaban J connectivity index is 1.33. The average Bonchev–Trinajstić information content (AvgIpc) is 3.54. The first-order valence-electron chi connectivity index (χ1n) is 11.9. The van der Waals surface area contributed by atoms with Crippen molar-refractivity contribution in [1.29, 1.82) is 0 Å². The minimum absolute atomic E-state index is 0.0930. The summed E-state index contributed by atoms with van der Waals surface area (Å²) in [5, 5.41) is 0. The summed E-state index contributed by atoms with van der Waals surface area (Å²) in [6, 6.07) is 15.3. The number of aryl methyl sites for hydroxylation is 2. The molecule has 0 radical (unpaired) electrons. The van der Waals surface area contributed by atoms with Crippen molar-refractivity contribution in [3.8, 4) is 11.3 Å². The highest BCUT2D eigenvalue weighted by molar-refractivity contribution is 5.80. The predicted molar refractivity (Wildman–Crippen MR) is 125 cm³/mol. The highest BCUT2D eigenvalue weighted by Gasteiger charge is 2.34. The Morgan fingerprint density at radius 3 is 2.73 bits per heavy atom. The summed E-state index contributed by atoms with van der Waals surface area (Å²) in [6.07, 6.45) is 8.25. The molecule has 2 saturated heterocycles. The molecule has 33 heavy (non-hydrogen) atoms. The molecule has 2 aliphatic rings. The number of hydrogen-bond acceptors (Lipinski definition) is 3. The molecule has 1 atom stereocenters. The molecule has 5 nitrogen and oxygen atoms in total. The van der Waals surface area contributed by atoms with Gasteiger partial charge >= 0.3 is 0 Å². The largest absolute Gasteiger partial charge is 0.381 e. The summed E-state index contributed by atoms with van der Waals surface area (Å²) >= 11 is 0. The number of carbonyl (C=O) groups is 1. The lowest BCUT2D eigenvalue weighted by atomic mass is 9.96. The van der Waals surface area contributed by atoms with Gasteiger partial charge in [0.15, 0.2) is 0 Å². The average molecular weight is 448 g/mol. The van der Waals surface area contributed by atoms with Crippen LogP contribution in [0.1, 0.15) is 42.9 Å². The van der Waals surface area contributed by atoms with E-state index in [1.54, 1.807) is 0 Å². The number of amides is 1. The van der Waals surface area contributed by atoms with E-state index in [0.717, 1.165) is 62.0 Å².